The molecule has 1 rings (SSSR count). The molecule has 0 saturated heterocycles. The van der Waals surface area contributed by atoms with Crippen molar-refractivity contribution in [2.45, 2.75) is 39.8 Å². The Balaban J connectivity index is 2.54. The average molecular weight is 278 g/mol. The van der Waals surface area contributed by atoms with Crippen LogP contribution >= 0.6 is 0 Å². The van der Waals surface area contributed by atoms with Crippen LogP contribution in [0.25, 0.3) is 0 Å². The SMILES string of the molecule is CNC(CCN(CCO)Cc1ccccc1)C(C)(C)C. The number of rotatable bonds is 8. The summed E-state index contributed by atoms with van der Waals surface area (Å²) in [6.07, 6.45) is 1.09. The lowest BCUT2D eigenvalue weighted by molar-refractivity contribution is 0.168. The Hall–Kier alpha value is -0.900. The van der Waals surface area contributed by atoms with E-state index >= 15 is 0 Å². The van der Waals surface area contributed by atoms with Gasteiger partial charge in [0, 0.05) is 25.7 Å². The van der Waals surface area contributed by atoms with Gasteiger partial charge < -0.3 is 10.4 Å². The van der Waals surface area contributed by atoms with E-state index in [2.05, 4.69) is 55.3 Å². The highest BCUT2D eigenvalue weighted by Gasteiger charge is 2.23. The minimum atomic E-state index is 0.215. The van der Waals surface area contributed by atoms with Gasteiger partial charge in [0.25, 0.3) is 0 Å². The molecule has 0 heterocycles. The molecule has 0 aliphatic heterocycles. The normalized spacial score (nSPS) is 13.7. The molecule has 0 saturated carbocycles. The zero-order chi connectivity index (χ0) is 15.0. The van der Waals surface area contributed by atoms with Gasteiger partial charge in [-0.05, 0) is 24.4 Å². The van der Waals surface area contributed by atoms with Gasteiger partial charge in [-0.15, -0.1) is 0 Å². The summed E-state index contributed by atoms with van der Waals surface area (Å²) in [6, 6.07) is 10.9. The van der Waals surface area contributed by atoms with Gasteiger partial charge >= 0.3 is 0 Å². The van der Waals surface area contributed by atoms with Crippen molar-refractivity contribution in [3.05, 3.63) is 35.9 Å². The first-order valence-corrected chi connectivity index (χ1v) is 7.51. The van der Waals surface area contributed by atoms with Gasteiger partial charge in [0.1, 0.15) is 0 Å². The molecular weight excluding hydrogens is 248 g/mol. The summed E-state index contributed by atoms with van der Waals surface area (Å²) < 4.78 is 0. The fourth-order valence-corrected chi connectivity index (χ4v) is 2.57. The quantitative estimate of drug-likeness (QED) is 0.767. The summed E-state index contributed by atoms with van der Waals surface area (Å²) in [6.45, 7) is 9.65. The Morgan fingerprint density at radius 3 is 2.30 bits per heavy atom. The van der Waals surface area contributed by atoms with Gasteiger partial charge in [0.2, 0.25) is 0 Å². The number of nitrogens with one attached hydrogen (secondary N) is 1. The number of aliphatic hydroxyl groups is 1. The fraction of sp³-hybridized carbons (Fsp3) is 0.647. The van der Waals surface area contributed by atoms with Gasteiger partial charge in [0.05, 0.1) is 6.61 Å². The second-order valence-corrected chi connectivity index (χ2v) is 6.48. The summed E-state index contributed by atoms with van der Waals surface area (Å²) in [5, 5.41) is 12.7. The van der Waals surface area contributed by atoms with E-state index in [1.165, 1.54) is 5.56 Å². The van der Waals surface area contributed by atoms with Crippen LogP contribution in [-0.4, -0.2) is 42.8 Å². The lowest BCUT2D eigenvalue weighted by atomic mass is 9.85. The van der Waals surface area contributed by atoms with E-state index in [-0.39, 0.29) is 12.0 Å². The highest BCUT2D eigenvalue weighted by Crippen LogP contribution is 2.22. The van der Waals surface area contributed by atoms with Crippen LogP contribution in [0.4, 0.5) is 0 Å². The lowest BCUT2D eigenvalue weighted by Crippen LogP contribution is -2.41. The number of hydrogen-bond acceptors (Lipinski definition) is 3. The third-order valence-corrected chi connectivity index (χ3v) is 3.79. The van der Waals surface area contributed by atoms with Crippen LogP contribution in [0, 0.1) is 5.41 Å². The largest absolute Gasteiger partial charge is 0.395 e. The van der Waals surface area contributed by atoms with Crippen LogP contribution in [0.2, 0.25) is 0 Å². The molecule has 20 heavy (non-hydrogen) atoms. The van der Waals surface area contributed by atoms with Gasteiger partial charge in [-0.2, -0.15) is 0 Å². The minimum absolute atomic E-state index is 0.215. The van der Waals surface area contributed by atoms with E-state index in [1.807, 2.05) is 13.1 Å². The van der Waals surface area contributed by atoms with Crippen LogP contribution in [0.1, 0.15) is 32.8 Å². The fourth-order valence-electron chi connectivity index (χ4n) is 2.57. The van der Waals surface area contributed by atoms with Crippen molar-refractivity contribution in [3.8, 4) is 0 Å². The molecule has 0 fully saturated rings. The van der Waals surface area contributed by atoms with E-state index in [0.717, 1.165) is 26.1 Å². The Bertz CT molecular complexity index is 359. The molecule has 0 radical (unpaired) electrons. The highest BCUT2D eigenvalue weighted by molar-refractivity contribution is 5.14. The first kappa shape index (κ1) is 17.2. The summed E-state index contributed by atoms with van der Waals surface area (Å²) >= 11 is 0. The molecule has 114 valence electrons. The molecule has 1 unspecified atom stereocenters. The molecule has 0 aromatic heterocycles. The molecule has 1 atom stereocenters. The third-order valence-electron chi connectivity index (χ3n) is 3.79. The third kappa shape index (κ3) is 6.04. The number of aliphatic hydroxyl groups excluding tert-OH is 1. The standard InChI is InChI=1S/C17H30N2O/c1-17(2,3)16(18-4)10-11-19(12-13-20)14-15-8-6-5-7-9-15/h5-9,16,18,20H,10-14H2,1-4H3. The highest BCUT2D eigenvalue weighted by atomic mass is 16.3. The van der Waals surface area contributed by atoms with Crippen LogP contribution in [0.15, 0.2) is 30.3 Å². The second-order valence-electron chi connectivity index (χ2n) is 6.48. The zero-order valence-corrected chi connectivity index (χ0v) is 13.4. The molecule has 1 aromatic rings. The van der Waals surface area contributed by atoms with E-state index < -0.39 is 0 Å². The average Bonchev–Trinajstić information content (AvgIpc) is 2.39. The Morgan fingerprint density at radius 2 is 1.80 bits per heavy atom. The molecular formula is C17H30N2O. The molecule has 1 aromatic carbocycles. The molecule has 3 nitrogen and oxygen atoms in total. The lowest BCUT2D eigenvalue weighted by Gasteiger charge is -2.32. The molecule has 0 bridgehead atoms. The molecule has 0 aliphatic rings. The zero-order valence-electron chi connectivity index (χ0n) is 13.4. The predicted octanol–water partition coefficient (Wildman–Crippen LogP) is 2.51. The molecule has 0 amide bonds. The van der Waals surface area contributed by atoms with Crippen molar-refractivity contribution >= 4 is 0 Å². The summed E-state index contributed by atoms with van der Waals surface area (Å²) in [5.74, 6) is 0. The van der Waals surface area contributed by atoms with Gasteiger partial charge in [0.15, 0.2) is 0 Å². The molecule has 2 N–H and O–H groups in total. The first-order valence-electron chi connectivity index (χ1n) is 7.51. The van der Waals surface area contributed by atoms with Crippen LogP contribution in [0.3, 0.4) is 0 Å². The predicted molar refractivity (Wildman–Crippen MR) is 85.7 cm³/mol. The van der Waals surface area contributed by atoms with E-state index in [4.69, 9.17) is 0 Å². The van der Waals surface area contributed by atoms with Crippen LogP contribution in [-0.2, 0) is 6.54 Å². The van der Waals surface area contributed by atoms with Gasteiger partial charge in [-0.1, -0.05) is 51.1 Å². The first-order chi connectivity index (χ1) is 9.47. The minimum Gasteiger partial charge on any atom is -0.395 e. The molecule has 0 aliphatic carbocycles. The molecule has 3 heteroatoms. The monoisotopic (exact) mass is 278 g/mol. The van der Waals surface area contributed by atoms with E-state index in [0.29, 0.717) is 6.04 Å². The van der Waals surface area contributed by atoms with Crippen LogP contribution in [0.5, 0.6) is 0 Å². The second kappa shape index (κ2) is 8.40. The smallest absolute Gasteiger partial charge is 0.0558 e. The maximum atomic E-state index is 9.24. The Labute approximate surface area is 124 Å². The van der Waals surface area contributed by atoms with Gasteiger partial charge in [-0.3, -0.25) is 4.90 Å². The number of nitrogens with zero attached hydrogens (tertiary/aromatic N) is 1. The van der Waals surface area contributed by atoms with Crippen LogP contribution < -0.4 is 5.32 Å². The van der Waals surface area contributed by atoms with Crippen molar-refractivity contribution in [3.63, 3.8) is 0 Å². The van der Waals surface area contributed by atoms with Gasteiger partial charge in [-0.25, -0.2) is 0 Å². The van der Waals surface area contributed by atoms with E-state index in [1.54, 1.807) is 0 Å². The van der Waals surface area contributed by atoms with Crippen molar-refractivity contribution < 1.29 is 5.11 Å². The van der Waals surface area contributed by atoms with Crippen molar-refractivity contribution in [1.82, 2.24) is 10.2 Å². The maximum absolute atomic E-state index is 9.24. The molecule has 0 spiro atoms. The summed E-state index contributed by atoms with van der Waals surface area (Å²) in [7, 11) is 2.03. The number of benzene rings is 1. The topological polar surface area (TPSA) is 35.5 Å². The summed E-state index contributed by atoms with van der Waals surface area (Å²) in [4.78, 5) is 2.32. The Morgan fingerprint density at radius 1 is 1.15 bits per heavy atom. The van der Waals surface area contributed by atoms with Crippen molar-refractivity contribution in [2.24, 2.45) is 5.41 Å². The summed E-state index contributed by atoms with van der Waals surface area (Å²) in [5.41, 5.74) is 1.56. The van der Waals surface area contributed by atoms with Crippen molar-refractivity contribution in [2.75, 3.05) is 26.7 Å². The van der Waals surface area contributed by atoms with Crippen molar-refractivity contribution in [1.29, 1.82) is 0 Å². The van der Waals surface area contributed by atoms with E-state index in [9.17, 15) is 5.11 Å². The number of hydrogen-bond donors (Lipinski definition) is 2. The maximum Gasteiger partial charge on any atom is 0.0558 e. The Kier molecular flexibility index (Phi) is 7.20.